The van der Waals surface area contributed by atoms with Crippen LogP contribution in [0, 0.1) is 24.8 Å². The predicted molar refractivity (Wildman–Crippen MR) is 36.4 cm³/mol. The molecule has 0 spiro atoms. The first-order chi connectivity index (χ1) is 3.93. The summed E-state index contributed by atoms with van der Waals surface area (Å²) in [7, 11) is 0. The van der Waals surface area contributed by atoms with Crippen LogP contribution in [0.25, 0.3) is 0 Å². The molecular formula is C8H7NY-2. The van der Waals surface area contributed by atoms with Gasteiger partial charge in [-0.05, 0) is 0 Å². The van der Waals surface area contributed by atoms with Gasteiger partial charge in [0.25, 0.3) is 0 Å². The topological polar surface area (TPSA) is 23.8 Å². The molecule has 1 rings (SSSR count). The van der Waals surface area contributed by atoms with Crippen molar-refractivity contribution in [3.8, 4) is 6.07 Å². The van der Waals surface area contributed by atoms with Crippen LogP contribution in [0.3, 0.4) is 0 Å². The smallest absolute Gasteiger partial charge is 0.0307 e. The summed E-state index contributed by atoms with van der Waals surface area (Å²) in [5.41, 5.74) is 0.660. The quantitative estimate of drug-likeness (QED) is 0.594. The van der Waals surface area contributed by atoms with E-state index in [1.807, 2.05) is 6.07 Å². The van der Waals surface area contributed by atoms with E-state index >= 15 is 0 Å². The molecule has 2 heteroatoms. The van der Waals surface area contributed by atoms with Gasteiger partial charge >= 0.3 is 0 Å². The van der Waals surface area contributed by atoms with Crippen LogP contribution in [0.15, 0.2) is 24.3 Å². The summed E-state index contributed by atoms with van der Waals surface area (Å²) in [5.74, 6) is 0. The Hall–Kier alpha value is -0.186. The average molecular weight is 206 g/mol. The molecule has 0 aliphatic rings. The molecule has 1 aromatic rings. The molecule has 0 aliphatic carbocycles. The normalized spacial score (nSPS) is 6.30. The molecule has 10 heavy (non-hydrogen) atoms. The van der Waals surface area contributed by atoms with Gasteiger partial charge in [0.2, 0.25) is 0 Å². The van der Waals surface area contributed by atoms with Gasteiger partial charge in [0.15, 0.2) is 0 Å². The maximum Gasteiger partial charge on any atom is 0.0307 e. The van der Waals surface area contributed by atoms with E-state index in [1.54, 1.807) is 24.3 Å². The van der Waals surface area contributed by atoms with Crippen molar-refractivity contribution >= 4 is 0 Å². The molecule has 0 saturated heterocycles. The molecule has 0 aliphatic heterocycles. The van der Waals surface area contributed by atoms with Crippen molar-refractivity contribution in [2.45, 2.75) is 0 Å². The number of rotatable bonds is 0. The molecule has 1 aromatic carbocycles. The fourth-order valence-electron chi connectivity index (χ4n) is 0.463. The Balaban J connectivity index is 0. The number of nitrogens with zero attached hydrogens (tertiary/aromatic N) is 1. The maximum absolute atomic E-state index is 8.27. The molecule has 1 radical (unpaired) electrons. The van der Waals surface area contributed by atoms with Crippen LogP contribution >= 0.6 is 0 Å². The van der Waals surface area contributed by atoms with Crippen LogP contribution in [0.1, 0.15) is 5.56 Å². The minimum absolute atomic E-state index is 0. The third-order valence-electron chi connectivity index (χ3n) is 0.836. The van der Waals surface area contributed by atoms with E-state index in [0.717, 1.165) is 0 Å². The maximum atomic E-state index is 8.27. The van der Waals surface area contributed by atoms with Crippen molar-refractivity contribution in [1.82, 2.24) is 0 Å². The van der Waals surface area contributed by atoms with Gasteiger partial charge in [-0.2, -0.15) is 30.3 Å². The molecule has 0 amide bonds. The van der Waals surface area contributed by atoms with E-state index in [2.05, 4.69) is 6.07 Å². The summed E-state index contributed by atoms with van der Waals surface area (Å²) in [5, 5.41) is 8.27. The van der Waals surface area contributed by atoms with Crippen molar-refractivity contribution in [3.05, 3.63) is 43.3 Å². The molecule has 49 valence electrons. The van der Waals surface area contributed by atoms with Crippen LogP contribution < -0.4 is 0 Å². The summed E-state index contributed by atoms with van der Waals surface area (Å²) in [4.78, 5) is 0. The molecular weight excluding hydrogens is 199 g/mol. The van der Waals surface area contributed by atoms with Crippen LogP contribution in [0.5, 0.6) is 0 Å². The number of hydrogen-bond donors (Lipinski definition) is 0. The van der Waals surface area contributed by atoms with Gasteiger partial charge < -0.3 is 7.43 Å². The van der Waals surface area contributed by atoms with Crippen LogP contribution in [0.2, 0.25) is 0 Å². The zero-order chi connectivity index (χ0) is 5.82. The Morgan fingerprint density at radius 1 is 1.50 bits per heavy atom. The van der Waals surface area contributed by atoms with E-state index in [4.69, 9.17) is 5.26 Å². The zero-order valence-electron chi connectivity index (χ0n) is 5.83. The van der Waals surface area contributed by atoms with E-state index in [0.29, 0.717) is 5.56 Å². The van der Waals surface area contributed by atoms with Crippen LogP contribution in [-0.2, 0) is 32.7 Å². The fraction of sp³-hybridized carbons (Fsp3) is 0. The predicted octanol–water partition coefficient (Wildman–Crippen LogP) is 1.81. The van der Waals surface area contributed by atoms with Gasteiger partial charge in [0, 0.05) is 38.8 Å². The van der Waals surface area contributed by atoms with Crippen molar-refractivity contribution in [2.75, 3.05) is 0 Å². The Labute approximate surface area is 86.9 Å². The second kappa shape index (κ2) is 6.93. The van der Waals surface area contributed by atoms with E-state index in [1.165, 1.54) is 0 Å². The van der Waals surface area contributed by atoms with Crippen molar-refractivity contribution in [3.63, 3.8) is 0 Å². The summed E-state index contributed by atoms with van der Waals surface area (Å²) in [6.45, 7) is 0. The largest absolute Gasteiger partial charge is 0.358 e. The summed E-state index contributed by atoms with van der Waals surface area (Å²) in [6.07, 6.45) is 0. The summed E-state index contributed by atoms with van der Waals surface area (Å²) < 4.78 is 0. The third-order valence-corrected chi connectivity index (χ3v) is 0.836. The van der Waals surface area contributed by atoms with Gasteiger partial charge in [-0.1, -0.05) is 5.56 Å². The molecule has 0 bridgehead atoms. The minimum Gasteiger partial charge on any atom is -0.358 e. The first-order valence-corrected chi connectivity index (χ1v) is 2.29. The van der Waals surface area contributed by atoms with Crippen molar-refractivity contribution in [2.24, 2.45) is 0 Å². The van der Waals surface area contributed by atoms with Gasteiger partial charge in [-0.3, -0.25) is 0 Å². The summed E-state index contributed by atoms with van der Waals surface area (Å²) in [6, 6.07) is 11.7. The Bertz CT molecular complexity index is 200. The third kappa shape index (κ3) is 3.77. The van der Waals surface area contributed by atoms with Gasteiger partial charge in [-0.15, -0.1) is 0 Å². The monoisotopic (exact) mass is 206 g/mol. The van der Waals surface area contributed by atoms with Gasteiger partial charge in [-0.25, -0.2) is 5.26 Å². The molecule has 1 nitrogen and oxygen atoms in total. The molecule has 0 fully saturated rings. The van der Waals surface area contributed by atoms with E-state index < -0.39 is 0 Å². The molecule has 0 unspecified atom stereocenters. The first-order valence-electron chi connectivity index (χ1n) is 2.29. The van der Waals surface area contributed by atoms with Crippen molar-refractivity contribution in [1.29, 1.82) is 5.26 Å². The SMILES string of the molecule is N#Cc1c[c-]ccc1.[CH3-].[Y]. The van der Waals surface area contributed by atoms with Crippen LogP contribution in [0.4, 0.5) is 0 Å². The molecule has 0 saturated carbocycles. The minimum atomic E-state index is 0. The van der Waals surface area contributed by atoms with Gasteiger partial charge in [0.05, 0.1) is 0 Å². The number of benzene rings is 1. The Morgan fingerprint density at radius 3 is 2.50 bits per heavy atom. The van der Waals surface area contributed by atoms with E-state index in [9.17, 15) is 0 Å². The standard InChI is InChI=1S/C7H4N.CH3.Y/c8-6-7-4-2-1-3-5-7;;/h1-2,4-5H;1H3;/q2*-1;. The number of hydrogen-bond acceptors (Lipinski definition) is 1. The second-order valence-corrected chi connectivity index (χ2v) is 1.40. The zero-order valence-corrected chi connectivity index (χ0v) is 8.67. The second-order valence-electron chi connectivity index (χ2n) is 1.40. The fourth-order valence-corrected chi connectivity index (χ4v) is 0.463. The molecule has 0 aromatic heterocycles. The first kappa shape index (κ1) is 12.5. The Kier molecular flexibility index (Phi) is 8.65. The summed E-state index contributed by atoms with van der Waals surface area (Å²) >= 11 is 0. The molecule has 0 atom stereocenters. The van der Waals surface area contributed by atoms with Gasteiger partial charge in [0.1, 0.15) is 0 Å². The van der Waals surface area contributed by atoms with Crippen LogP contribution in [-0.4, -0.2) is 0 Å². The number of nitriles is 1. The average Bonchev–Trinajstić information content (AvgIpc) is 1.90. The van der Waals surface area contributed by atoms with Crippen molar-refractivity contribution < 1.29 is 32.7 Å². The Morgan fingerprint density at radius 2 is 2.20 bits per heavy atom. The molecule has 0 N–H and O–H groups in total. The van der Waals surface area contributed by atoms with E-state index in [-0.39, 0.29) is 40.1 Å². The molecule has 0 heterocycles.